The lowest BCUT2D eigenvalue weighted by atomic mass is 9.84. The van der Waals surface area contributed by atoms with Gasteiger partial charge in [0, 0.05) is 50.5 Å². The molecule has 0 unspecified atom stereocenters. The number of aliphatic carboxylic acids is 2. The number of hydrogen-bond acceptors (Lipinski definition) is 6. The van der Waals surface area contributed by atoms with Gasteiger partial charge in [0.15, 0.2) is 0 Å². The SMILES string of the molecule is Cc1cccc(CN2C(=O)CCC23CCN(CC2CCOCC2)CC3)n1.O=C(O)C(F)(F)F.O=C(O)C(F)(F)F. The van der Waals surface area contributed by atoms with Crippen LogP contribution >= 0.6 is 0 Å². The number of ether oxygens (including phenoxy) is 1. The van der Waals surface area contributed by atoms with E-state index in [0.29, 0.717) is 18.9 Å². The first-order chi connectivity index (χ1) is 18.5. The Morgan fingerprint density at radius 1 is 1.00 bits per heavy atom. The zero-order chi connectivity index (χ0) is 30.1. The molecule has 1 amide bonds. The number of pyridine rings is 1. The molecule has 3 saturated heterocycles. The van der Waals surface area contributed by atoms with Crippen molar-refractivity contribution in [2.45, 2.75) is 69.9 Å². The quantitative estimate of drug-likeness (QED) is 0.509. The molecule has 3 aliphatic rings. The van der Waals surface area contributed by atoms with Gasteiger partial charge in [-0.05, 0) is 57.1 Å². The molecule has 0 atom stereocenters. The highest BCUT2D eigenvalue weighted by molar-refractivity contribution is 5.79. The molecule has 40 heavy (non-hydrogen) atoms. The summed E-state index contributed by atoms with van der Waals surface area (Å²) in [5, 5.41) is 14.2. The monoisotopic (exact) mass is 585 g/mol. The van der Waals surface area contributed by atoms with Crippen LogP contribution < -0.4 is 0 Å². The van der Waals surface area contributed by atoms with E-state index in [9.17, 15) is 31.1 Å². The summed E-state index contributed by atoms with van der Waals surface area (Å²) in [5.74, 6) is -4.42. The third-order valence-corrected chi connectivity index (χ3v) is 7.07. The van der Waals surface area contributed by atoms with E-state index in [-0.39, 0.29) is 5.54 Å². The lowest BCUT2D eigenvalue weighted by Crippen LogP contribution is -2.53. The van der Waals surface area contributed by atoms with Gasteiger partial charge in [0.05, 0.1) is 12.2 Å². The summed E-state index contributed by atoms with van der Waals surface area (Å²) >= 11 is 0. The number of piperidine rings is 1. The molecule has 3 aliphatic heterocycles. The molecule has 2 N–H and O–H groups in total. The molecule has 1 aromatic heterocycles. The molecule has 3 fully saturated rings. The van der Waals surface area contributed by atoms with Crippen molar-refractivity contribution in [1.29, 1.82) is 0 Å². The summed E-state index contributed by atoms with van der Waals surface area (Å²) in [6.07, 6.45) is -3.84. The molecular formula is C25H33F6N3O6. The van der Waals surface area contributed by atoms with Gasteiger partial charge in [-0.3, -0.25) is 9.78 Å². The molecule has 0 aliphatic carbocycles. The predicted octanol–water partition coefficient (Wildman–Crippen LogP) is 4.04. The van der Waals surface area contributed by atoms with Gasteiger partial charge >= 0.3 is 24.3 Å². The van der Waals surface area contributed by atoms with Crippen molar-refractivity contribution < 1.29 is 55.7 Å². The second kappa shape index (κ2) is 14.1. The van der Waals surface area contributed by atoms with Gasteiger partial charge in [-0.25, -0.2) is 9.59 Å². The number of carbonyl (C=O) groups excluding carboxylic acids is 1. The molecule has 4 rings (SSSR count). The topological polar surface area (TPSA) is 120 Å². The summed E-state index contributed by atoms with van der Waals surface area (Å²) in [6.45, 7) is 7.96. The lowest BCUT2D eigenvalue weighted by molar-refractivity contribution is -0.193. The van der Waals surface area contributed by atoms with Crippen LogP contribution in [0.25, 0.3) is 0 Å². The van der Waals surface area contributed by atoms with Crippen LogP contribution in [0.2, 0.25) is 0 Å². The van der Waals surface area contributed by atoms with Crippen molar-refractivity contribution >= 4 is 17.8 Å². The average Bonchev–Trinajstić information content (AvgIpc) is 3.16. The van der Waals surface area contributed by atoms with E-state index >= 15 is 0 Å². The fourth-order valence-electron chi connectivity index (χ4n) is 4.95. The highest BCUT2D eigenvalue weighted by Crippen LogP contribution is 2.40. The molecule has 1 spiro atoms. The molecule has 1 aromatic rings. The Hall–Kier alpha value is -2.94. The number of carbonyl (C=O) groups is 3. The van der Waals surface area contributed by atoms with Crippen molar-refractivity contribution in [1.82, 2.24) is 14.8 Å². The molecule has 0 saturated carbocycles. The van der Waals surface area contributed by atoms with Gasteiger partial charge in [0.25, 0.3) is 0 Å². The second-order valence-electron chi connectivity index (χ2n) is 9.94. The smallest absolute Gasteiger partial charge is 0.475 e. The Kier molecular flexibility index (Phi) is 11.7. The molecule has 0 aromatic carbocycles. The number of aryl methyl sites for hydroxylation is 1. The van der Waals surface area contributed by atoms with E-state index in [1.165, 1.54) is 19.4 Å². The fourth-order valence-corrected chi connectivity index (χ4v) is 4.95. The van der Waals surface area contributed by atoms with Crippen LogP contribution in [-0.4, -0.2) is 93.6 Å². The van der Waals surface area contributed by atoms with Gasteiger partial charge < -0.3 is 24.7 Å². The second-order valence-corrected chi connectivity index (χ2v) is 9.94. The van der Waals surface area contributed by atoms with Crippen molar-refractivity contribution in [2.75, 3.05) is 32.8 Å². The molecule has 15 heteroatoms. The molecular weight excluding hydrogens is 552 g/mol. The van der Waals surface area contributed by atoms with Gasteiger partial charge in [-0.1, -0.05) is 6.07 Å². The van der Waals surface area contributed by atoms with Crippen LogP contribution in [-0.2, 0) is 25.7 Å². The van der Waals surface area contributed by atoms with Crippen LogP contribution in [0.4, 0.5) is 26.3 Å². The maximum absolute atomic E-state index is 12.6. The number of carboxylic acids is 2. The Morgan fingerprint density at radius 3 is 2.00 bits per heavy atom. The maximum Gasteiger partial charge on any atom is 0.490 e. The minimum absolute atomic E-state index is 0.0642. The van der Waals surface area contributed by atoms with E-state index < -0.39 is 24.3 Å². The van der Waals surface area contributed by atoms with Crippen LogP contribution in [0.15, 0.2) is 18.2 Å². The van der Waals surface area contributed by atoms with Crippen LogP contribution in [0.1, 0.15) is 49.9 Å². The number of alkyl halides is 6. The lowest BCUT2D eigenvalue weighted by Gasteiger charge is -2.45. The van der Waals surface area contributed by atoms with E-state index in [1.54, 1.807) is 0 Å². The first-order valence-corrected chi connectivity index (χ1v) is 12.7. The average molecular weight is 586 g/mol. The number of halogens is 6. The number of nitrogens with zero attached hydrogens (tertiary/aromatic N) is 3. The zero-order valence-electron chi connectivity index (χ0n) is 21.9. The predicted molar refractivity (Wildman–Crippen MR) is 128 cm³/mol. The first kappa shape index (κ1) is 33.3. The Bertz CT molecular complexity index is 981. The normalized spacial score (nSPS) is 19.9. The first-order valence-electron chi connectivity index (χ1n) is 12.7. The van der Waals surface area contributed by atoms with Gasteiger partial charge in [0.2, 0.25) is 5.91 Å². The highest BCUT2D eigenvalue weighted by atomic mass is 19.4. The number of amides is 1. The van der Waals surface area contributed by atoms with Crippen molar-refractivity contribution in [3.63, 3.8) is 0 Å². The molecule has 226 valence electrons. The largest absolute Gasteiger partial charge is 0.490 e. The minimum atomic E-state index is -5.08. The maximum atomic E-state index is 12.6. The van der Waals surface area contributed by atoms with Crippen LogP contribution in [0.3, 0.4) is 0 Å². The van der Waals surface area contributed by atoms with Crippen LogP contribution in [0.5, 0.6) is 0 Å². The van der Waals surface area contributed by atoms with E-state index in [1.807, 2.05) is 25.1 Å². The molecule has 0 radical (unpaired) electrons. The van der Waals surface area contributed by atoms with E-state index in [2.05, 4.69) is 14.8 Å². The Morgan fingerprint density at radius 2 is 1.52 bits per heavy atom. The summed E-state index contributed by atoms with van der Waals surface area (Å²) in [7, 11) is 0. The summed E-state index contributed by atoms with van der Waals surface area (Å²) in [6, 6.07) is 6.10. The van der Waals surface area contributed by atoms with Gasteiger partial charge in [-0.15, -0.1) is 0 Å². The van der Waals surface area contributed by atoms with E-state index in [4.69, 9.17) is 24.5 Å². The fraction of sp³-hybridized carbons (Fsp3) is 0.680. The number of carboxylic acid groups (broad SMARTS) is 2. The standard InChI is InChI=1S/C21H31N3O2.2C2HF3O2/c1-17-3-2-4-19(22-17)16-24-20(25)5-8-21(24)9-11-23(12-10-21)15-18-6-13-26-14-7-18;2*3-2(4,5)1(6)7/h2-4,18H,5-16H2,1H3;2*(H,6,7). The third-order valence-electron chi connectivity index (χ3n) is 7.07. The van der Waals surface area contributed by atoms with Crippen LogP contribution in [0, 0.1) is 12.8 Å². The van der Waals surface area contributed by atoms with Gasteiger partial charge in [-0.2, -0.15) is 26.3 Å². The van der Waals surface area contributed by atoms with Gasteiger partial charge in [0.1, 0.15) is 0 Å². The Labute approximate surface area is 227 Å². The third kappa shape index (κ3) is 10.2. The molecule has 4 heterocycles. The Balaban J connectivity index is 0.000000333. The number of hydrogen-bond donors (Lipinski definition) is 2. The highest BCUT2D eigenvalue weighted by Gasteiger charge is 2.47. The minimum Gasteiger partial charge on any atom is -0.475 e. The van der Waals surface area contributed by atoms with Crippen molar-refractivity contribution in [2.24, 2.45) is 5.92 Å². The molecule has 0 bridgehead atoms. The van der Waals surface area contributed by atoms with Crippen molar-refractivity contribution in [3.8, 4) is 0 Å². The summed E-state index contributed by atoms with van der Waals surface area (Å²) < 4.78 is 69.0. The number of aromatic nitrogens is 1. The van der Waals surface area contributed by atoms with Crippen molar-refractivity contribution in [3.05, 3.63) is 29.6 Å². The molecule has 9 nitrogen and oxygen atoms in total. The summed E-state index contributed by atoms with van der Waals surface area (Å²) in [4.78, 5) is 39.8. The number of likely N-dealkylation sites (tertiary alicyclic amines) is 2. The zero-order valence-corrected chi connectivity index (χ0v) is 21.9. The van der Waals surface area contributed by atoms with E-state index in [0.717, 1.165) is 62.9 Å². The number of rotatable bonds is 4. The summed E-state index contributed by atoms with van der Waals surface area (Å²) in [5.41, 5.74) is 2.10.